The van der Waals surface area contributed by atoms with E-state index in [0.29, 0.717) is 12.0 Å². The lowest BCUT2D eigenvalue weighted by molar-refractivity contribution is -0.136. The number of ketones is 1. The third-order valence-corrected chi connectivity index (χ3v) is 5.79. The molecule has 1 N–H and O–H groups in total. The van der Waals surface area contributed by atoms with Crippen LogP contribution in [0.25, 0.3) is 0 Å². The Hall–Kier alpha value is -1.88. The van der Waals surface area contributed by atoms with Crippen LogP contribution in [0.2, 0.25) is 0 Å². The van der Waals surface area contributed by atoms with Crippen LogP contribution < -0.4 is 5.32 Å². The van der Waals surface area contributed by atoms with E-state index in [2.05, 4.69) is 25.2 Å². The first-order valence-electron chi connectivity index (χ1n) is 8.11. The number of ether oxygens (including phenoxy) is 1. The largest absolute Gasteiger partial charge is 0.466 e. The number of methoxy groups -OCH3 is 1. The van der Waals surface area contributed by atoms with Crippen molar-refractivity contribution >= 4 is 23.1 Å². The van der Waals surface area contributed by atoms with E-state index >= 15 is 0 Å². The highest BCUT2D eigenvalue weighted by atomic mass is 32.1. The van der Waals surface area contributed by atoms with Gasteiger partial charge in [0.15, 0.2) is 0 Å². The molecule has 1 aliphatic carbocycles. The van der Waals surface area contributed by atoms with Gasteiger partial charge in [0, 0.05) is 33.5 Å². The smallest absolute Gasteiger partial charge is 0.336 e. The summed E-state index contributed by atoms with van der Waals surface area (Å²) >= 11 is 1.64. The van der Waals surface area contributed by atoms with Gasteiger partial charge in [-0.25, -0.2) is 4.79 Å². The molecule has 1 aromatic rings. The molecule has 0 fully saturated rings. The summed E-state index contributed by atoms with van der Waals surface area (Å²) in [7, 11) is 1.39. The van der Waals surface area contributed by atoms with Gasteiger partial charge < -0.3 is 10.1 Å². The van der Waals surface area contributed by atoms with Gasteiger partial charge in [-0.15, -0.1) is 11.3 Å². The Morgan fingerprint density at radius 1 is 1.29 bits per heavy atom. The van der Waals surface area contributed by atoms with E-state index in [1.165, 1.54) is 12.0 Å². The highest BCUT2D eigenvalue weighted by Crippen LogP contribution is 2.48. The molecule has 0 spiro atoms. The number of hydrogen-bond acceptors (Lipinski definition) is 5. The van der Waals surface area contributed by atoms with Crippen molar-refractivity contribution in [3.05, 3.63) is 44.9 Å². The lowest BCUT2D eigenvalue weighted by Crippen LogP contribution is -2.43. The topological polar surface area (TPSA) is 55.4 Å². The monoisotopic (exact) mass is 345 g/mol. The third kappa shape index (κ3) is 2.81. The molecular weight excluding hydrogens is 322 g/mol. The van der Waals surface area contributed by atoms with E-state index < -0.39 is 0 Å². The van der Waals surface area contributed by atoms with Crippen LogP contribution in [0.5, 0.6) is 0 Å². The third-order valence-electron chi connectivity index (χ3n) is 4.71. The minimum Gasteiger partial charge on any atom is -0.466 e. The molecule has 2 heterocycles. The van der Waals surface area contributed by atoms with Crippen LogP contribution >= 0.6 is 11.3 Å². The molecule has 0 bridgehead atoms. The summed E-state index contributed by atoms with van der Waals surface area (Å²) in [6, 6.07) is 4.06. The quantitative estimate of drug-likeness (QED) is 0.831. The van der Waals surface area contributed by atoms with Gasteiger partial charge in [0.1, 0.15) is 5.78 Å². The van der Waals surface area contributed by atoms with Crippen LogP contribution in [0, 0.1) is 18.3 Å². The van der Waals surface area contributed by atoms with Gasteiger partial charge in [0.2, 0.25) is 0 Å². The van der Waals surface area contributed by atoms with Crippen molar-refractivity contribution in [1.29, 1.82) is 0 Å². The molecule has 2 aliphatic rings. The maximum Gasteiger partial charge on any atom is 0.336 e. The number of carbonyl (C=O) groups excluding carboxylic acids is 2. The summed E-state index contributed by atoms with van der Waals surface area (Å²) in [4.78, 5) is 27.6. The fourth-order valence-electron chi connectivity index (χ4n) is 3.77. The molecule has 3 rings (SSSR count). The van der Waals surface area contributed by atoms with Crippen LogP contribution in [-0.2, 0) is 14.3 Å². The maximum absolute atomic E-state index is 12.9. The number of nitrogens with one attached hydrogen (secondary N) is 1. The zero-order valence-electron chi connectivity index (χ0n) is 14.7. The average Bonchev–Trinajstić information content (AvgIpc) is 2.90. The lowest BCUT2D eigenvalue weighted by Gasteiger charge is -2.40. The normalized spacial score (nSPS) is 25.7. The second-order valence-corrected chi connectivity index (χ2v) is 8.61. The van der Waals surface area contributed by atoms with Crippen molar-refractivity contribution in [2.45, 2.75) is 40.0 Å². The first kappa shape index (κ1) is 17.0. The molecule has 2 atom stereocenters. The van der Waals surface area contributed by atoms with Gasteiger partial charge in [-0.3, -0.25) is 4.79 Å². The number of carbonyl (C=O) groups is 2. The molecule has 5 heteroatoms. The van der Waals surface area contributed by atoms with Crippen LogP contribution in [0.4, 0.5) is 0 Å². The highest BCUT2D eigenvalue weighted by Gasteiger charge is 2.46. The lowest BCUT2D eigenvalue weighted by atomic mass is 9.68. The number of thiophene rings is 1. The molecule has 0 saturated carbocycles. The molecular formula is C19H23NO3S. The maximum atomic E-state index is 12.9. The summed E-state index contributed by atoms with van der Waals surface area (Å²) in [5, 5.41) is 3.30. The van der Waals surface area contributed by atoms with Crippen molar-refractivity contribution in [2.75, 3.05) is 7.11 Å². The molecule has 24 heavy (non-hydrogen) atoms. The van der Waals surface area contributed by atoms with E-state index in [9.17, 15) is 9.59 Å². The highest BCUT2D eigenvalue weighted by molar-refractivity contribution is 7.12. The zero-order valence-corrected chi connectivity index (χ0v) is 15.5. The van der Waals surface area contributed by atoms with Crippen molar-refractivity contribution in [3.8, 4) is 0 Å². The Balaban J connectivity index is 2.20. The Labute approximate surface area is 146 Å². The number of allylic oxidation sites excluding steroid dienone is 3. The van der Waals surface area contributed by atoms with Gasteiger partial charge in [0.05, 0.1) is 18.6 Å². The predicted octanol–water partition coefficient (Wildman–Crippen LogP) is 3.69. The summed E-state index contributed by atoms with van der Waals surface area (Å²) < 4.78 is 5.01. The summed E-state index contributed by atoms with van der Waals surface area (Å²) in [5.74, 6) is -0.802. The standard InChI is InChI=1S/C19H23NO3S/c1-10-6-7-14(24-10)17-15(18(22)23-5)11(2)20-12-8-19(3,4)9-13(21)16(12)17/h6-8,16-17,20H,9H2,1-5H3. The zero-order chi connectivity index (χ0) is 17.6. The second-order valence-electron chi connectivity index (χ2n) is 7.29. The van der Waals surface area contributed by atoms with E-state index in [1.54, 1.807) is 11.3 Å². The number of esters is 1. The molecule has 0 radical (unpaired) electrons. The van der Waals surface area contributed by atoms with Gasteiger partial charge >= 0.3 is 5.97 Å². The van der Waals surface area contributed by atoms with Crippen LogP contribution in [0.1, 0.15) is 42.9 Å². The Morgan fingerprint density at radius 3 is 2.58 bits per heavy atom. The first-order valence-corrected chi connectivity index (χ1v) is 8.93. The van der Waals surface area contributed by atoms with Gasteiger partial charge in [-0.2, -0.15) is 0 Å². The van der Waals surface area contributed by atoms with Crippen LogP contribution in [0.3, 0.4) is 0 Å². The first-order chi connectivity index (χ1) is 11.2. The molecule has 128 valence electrons. The van der Waals surface area contributed by atoms with Crippen LogP contribution in [-0.4, -0.2) is 18.9 Å². The fourth-order valence-corrected chi connectivity index (χ4v) is 4.80. The van der Waals surface area contributed by atoms with Crippen molar-refractivity contribution in [3.63, 3.8) is 0 Å². The molecule has 2 unspecified atom stereocenters. The Kier molecular flexibility index (Phi) is 4.16. The minimum atomic E-state index is -0.368. The summed E-state index contributed by atoms with van der Waals surface area (Å²) in [6.07, 6.45) is 2.63. The number of hydrogen-bond donors (Lipinski definition) is 1. The molecule has 4 nitrogen and oxygen atoms in total. The molecule has 0 amide bonds. The van der Waals surface area contributed by atoms with E-state index in [4.69, 9.17) is 4.74 Å². The number of rotatable bonds is 2. The van der Waals surface area contributed by atoms with Crippen LogP contribution in [0.15, 0.2) is 35.2 Å². The molecule has 0 saturated heterocycles. The number of Topliss-reactive ketones (excluding diaryl/α,β-unsaturated/α-hetero) is 1. The molecule has 0 aromatic carbocycles. The molecule has 1 aromatic heterocycles. The van der Waals surface area contributed by atoms with Gasteiger partial charge in [0.25, 0.3) is 0 Å². The number of fused-ring (bicyclic) bond motifs is 1. The summed E-state index contributed by atoms with van der Waals surface area (Å²) in [6.45, 7) is 8.04. The fraction of sp³-hybridized carbons (Fsp3) is 0.474. The second kappa shape index (κ2) is 5.88. The summed E-state index contributed by atoms with van der Waals surface area (Å²) in [5.41, 5.74) is 2.08. The van der Waals surface area contributed by atoms with Gasteiger partial charge in [-0.1, -0.05) is 19.9 Å². The average molecular weight is 345 g/mol. The Morgan fingerprint density at radius 2 is 2.00 bits per heavy atom. The molecule has 1 aliphatic heterocycles. The Bertz CT molecular complexity index is 769. The van der Waals surface area contributed by atoms with E-state index in [0.717, 1.165) is 16.3 Å². The van der Waals surface area contributed by atoms with Crippen molar-refractivity contribution in [2.24, 2.45) is 11.3 Å². The SMILES string of the molecule is COC(=O)C1=C(C)NC2=CC(C)(C)CC(=O)C2C1c1ccc(C)s1. The minimum absolute atomic E-state index is 0.172. The van der Waals surface area contributed by atoms with Crippen molar-refractivity contribution in [1.82, 2.24) is 5.32 Å². The predicted molar refractivity (Wildman–Crippen MR) is 94.6 cm³/mol. The van der Waals surface area contributed by atoms with E-state index in [1.807, 2.05) is 26.0 Å². The van der Waals surface area contributed by atoms with E-state index in [-0.39, 0.29) is 29.0 Å². The van der Waals surface area contributed by atoms with Crippen molar-refractivity contribution < 1.29 is 14.3 Å². The van der Waals surface area contributed by atoms with Gasteiger partial charge in [-0.05, 0) is 31.4 Å². The number of aryl methyl sites for hydroxylation is 1.